The zero-order chi connectivity index (χ0) is 10.6. The van der Waals surface area contributed by atoms with Gasteiger partial charge in [-0.1, -0.05) is 11.8 Å². The van der Waals surface area contributed by atoms with E-state index < -0.39 is 11.5 Å². The number of aliphatic carboxylic acids is 1. The molecule has 0 aliphatic carbocycles. The molecule has 5 nitrogen and oxygen atoms in total. The first-order valence-electron chi connectivity index (χ1n) is 3.94. The van der Waals surface area contributed by atoms with Gasteiger partial charge in [-0.3, -0.25) is 4.79 Å². The summed E-state index contributed by atoms with van der Waals surface area (Å²) in [5.41, 5.74) is 4.40. The standard InChI is InChI=1S/C7H11N3O2S2/c1-7(8,5(11)12)2-3-13-6-9-4-10-14-6/h4H,2-3,8H2,1H3,(H,11,12). The largest absolute Gasteiger partial charge is 0.480 e. The third-order valence-corrected chi connectivity index (χ3v) is 3.48. The van der Waals surface area contributed by atoms with Crippen LogP contribution in [0.4, 0.5) is 0 Å². The Bertz CT molecular complexity index is 300. The Morgan fingerprint density at radius 3 is 3.07 bits per heavy atom. The molecule has 1 rings (SSSR count). The van der Waals surface area contributed by atoms with Crippen molar-refractivity contribution in [2.75, 3.05) is 5.75 Å². The topological polar surface area (TPSA) is 89.1 Å². The summed E-state index contributed by atoms with van der Waals surface area (Å²) in [5.74, 6) is -0.343. The van der Waals surface area contributed by atoms with Crippen molar-refractivity contribution in [3.8, 4) is 0 Å². The Morgan fingerprint density at radius 1 is 1.86 bits per heavy atom. The molecule has 1 atom stereocenters. The zero-order valence-electron chi connectivity index (χ0n) is 7.64. The predicted molar refractivity (Wildman–Crippen MR) is 55.5 cm³/mol. The van der Waals surface area contributed by atoms with Crippen LogP contribution in [0.1, 0.15) is 13.3 Å². The predicted octanol–water partition coefficient (Wildman–Crippen LogP) is 0.822. The number of thioether (sulfide) groups is 1. The van der Waals surface area contributed by atoms with Crippen LogP contribution in [0.5, 0.6) is 0 Å². The summed E-state index contributed by atoms with van der Waals surface area (Å²) in [7, 11) is 0. The molecule has 0 bridgehead atoms. The van der Waals surface area contributed by atoms with E-state index in [0.717, 1.165) is 4.34 Å². The highest BCUT2D eigenvalue weighted by molar-refractivity contribution is 8.00. The van der Waals surface area contributed by atoms with Gasteiger partial charge >= 0.3 is 5.97 Å². The molecule has 1 heterocycles. The minimum absolute atomic E-state index is 0.409. The molecule has 14 heavy (non-hydrogen) atoms. The molecule has 0 saturated carbocycles. The van der Waals surface area contributed by atoms with E-state index in [9.17, 15) is 4.79 Å². The maximum Gasteiger partial charge on any atom is 0.323 e. The summed E-state index contributed by atoms with van der Waals surface area (Å²) in [4.78, 5) is 14.6. The second-order valence-electron chi connectivity index (χ2n) is 3.03. The van der Waals surface area contributed by atoms with Gasteiger partial charge in [-0.05, 0) is 24.9 Å². The van der Waals surface area contributed by atoms with E-state index in [1.54, 1.807) is 0 Å². The summed E-state index contributed by atoms with van der Waals surface area (Å²) < 4.78 is 4.67. The van der Waals surface area contributed by atoms with Crippen molar-refractivity contribution < 1.29 is 9.90 Å². The van der Waals surface area contributed by atoms with Crippen LogP contribution in [0.3, 0.4) is 0 Å². The Balaban J connectivity index is 2.31. The smallest absolute Gasteiger partial charge is 0.323 e. The first kappa shape index (κ1) is 11.4. The lowest BCUT2D eigenvalue weighted by molar-refractivity contribution is -0.142. The van der Waals surface area contributed by atoms with E-state index in [0.29, 0.717) is 12.2 Å². The number of hydrogen-bond acceptors (Lipinski definition) is 6. The van der Waals surface area contributed by atoms with E-state index in [-0.39, 0.29) is 0 Å². The van der Waals surface area contributed by atoms with Gasteiger partial charge in [0.25, 0.3) is 0 Å². The molecule has 0 aliphatic heterocycles. The van der Waals surface area contributed by atoms with Gasteiger partial charge in [0.2, 0.25) is 0 Å². The molecule has 1 aromatic rings. The van der Waals surface area contributed by atoms with Crippen molar-refractivity contribution in [1.29, 1.82) is 0 Å². The molecule has 7 heteroatoms. The van der Waals surface area contributed by atoms with Crippen LogP contribution in [-0.4, -0.2) is 31.7 Å². The summed E-state index contributed by atoms with van der Waals surface area (Å²) in [5, 5.41) is 8.74. The highest BCUT2D eigenvalue weighted by Gasteiger charge is 2.27. The van der Waals surface area contributed by atoms with Crippen molar-refractivity contribution in [1.82, 2.24) is 9.36 Å². The van der Waals surface area contributed by atoms with E-state index in [2.05, 4.69) is 9.36 Å². The van der Waals surface area contributed by atoms with Crippen molar-refractivity contribution in [3.63, 3.8) is 0 Å². The number of aromatic nitrogens is 2. The van der Waals surface area contributed by atoms with E-state index in [4.69, 9.17) is 10.8 Å². The molecule has 1 aromatic heterocycles. The maximum absolute atomic E-state index is 10.7. The number of nitrogens with zero attached hydrogens (tertiary/aromatic N) is 2. The Kier molecular flexibility index (Phi) is 3.85. The highest BCUT2D eigenvalue weighted by atomic mass is 32.2. The Labute approximate surface area is 89.9 Å². The van der Waals surface area contributed by atoms with Gasteiger partial charge < -0.3 is 10.8 Å². The number of carbonyl (C=O) groups is 1. The van der Waals surface area contributed by atoms with Crippen LogP contribution in [0.2, 0.25) is 0 Å². The first-order chi connectivity index (χ1) is 6.52. The van der Waals surface area contributed by atoms with Gasteiger partial charge in [-0.25, -0.2) is 4.98 Å². The van der Waals surface area contributed by atoms with Crippen molar-refractivity contribution >= 4 is 29.3 Å². The quantitative estimate of drug-likeness (QED) is 0.732. The number of carboxylic acid groups (broad SMARTS) is 1. The van der Waals surface area contributed by atoms with Gasteiger partial charge in [0.15, 0.2) is 4.34 Å². The summed E-state index contributed by atoms with van der Waals surface area (Å²) in [6.07, 6.45) is 1.89. The van der Waals surface area contributed by atoms with Crippen molar-refractivity contribution in [2.24, 2.45) is 5.73 Å². The molecule has 0 radical (unpaired) electrons. The number of hydrogen-bond donors (Lipinski definition) is 2. The normalized spacial score (nSPS) is 15.0. The van der Waals surface area contributed by atoms with Crippen LogP contribution in [-0.2, 0) is 4.79 Å². The number of carboxylic acids is 1. The monoisotopic (exact) mass is 233 g/mol. The first-order valence-corrected chi connectivity index (χ1v) is 5.70. The van der Waals surface area contributed by atoms with Crippen LogP contribution in [0, 0.1) is 0 Å². The van der Waals surface area contributed by atoms with Gasteiger partial charge in [-0.2, -0.15) is 4.37 Å². The van der Waals surface area contributed by atoms with Gasteiger partial charge in [0.05, 0.1) is 0 Å². The molecular weight excluding hydrogens is 222 g/mol. The van der Waals surface area contributed by atoms with Gasteiger partial charge in [0, 0.05) is 5.75 Å². The molecule has 0 spiro atoms. The molecule has 0 saturated heterocycles. The number of rotatable bonds is 5. The maximum atomic E-state index is 10.7. The molecule has 1 unspecified atom stereocenters. The molecule has 0 aliphatic rings. The molecule has 0 aromatic carbocycles. The Morgan fingerprint density at radius 2 is 2.57 bits per heavy atom. The van der Waals surface area contributed by atoms with E-state index in [1.165, 1.54) is 36.5 Å². The van der Waals surface area contributed by atoms with Gasteiger partial charge in [-0.15, -0.1) is 0 Å². The van der Waals surface area contributed by atoms with Crippen LogP contribution in [0.15, 0.2) is 10.7 Å². The highest BCUT2D eigenvalue weighted by Crippen LogP contribution is 2.21. The van der Waals surface area contributed by atoms with Crippen LogP contribution in [0.25, 0.3) is 0 Å². The lowest BCUT2D eigenvalue weighted by atomic mass is 10.0. The fraction of sp³-hybridized carbons (Fsp3) is 0.571. The minimum Gasteiger partial charge on any atom is -0.480 e. The Hall–Kier alpha value is -0.660. The number of nitrogens with two attached hydrogens (primary N) is 1. The van der Waals surface area contributed by atoms with Gasteiger partial charge in [0.1, 0.15) is 11.9 Å². The molecule has 0 fully saturated rings. The lowest BCUT2D eigenvalue weighted by Crippen LogP contribution is -2.45. The second-order valence-corrected chi connectivity index (χ2v) is 5.15. The van der Waals surface area contributed by atoms with E-state index >= 15 is 0 Å². The molecule has 3 N–H and O–H groups in total. The third-order valence-electron chi connectivity index (χ3n) is 1.68. The summed E-state index contributed by atoms with van der Waals surface area (Å²) >= 11 is 2.77. The average molecular weight is 233 g/mol. The molecule has 78 valence electrons. The molecule has 0 amide bonds. The summed E-state index contributed by atoms with van der Waals surface area (Å²) in [6.45, 7) is 1.51. The molecular formula is C7H11N3O2S2. The minimum atomic E-state index is -1.16. The van der Waals surface area contributed by atoms with Crippen LogP contribution >= 0.6 is 23.3 Å². The average Bonchev–Trinajstić information content (AvgIpc) is 2.56. The SMILES string of the molecule is CC(N)(CCSc1ncns1)C(=O)O. The van der Waals surface area contributed by atoms with Crippen molar-refractivity contribution in [3.05, 3.63) is 6.33 Å². The van der Waals surface area contributed by atoms with Crippen molar-refractivity contribution in [2.45, 2.75) is 23.2 Å². The fourth-order valence-electron chi connectivity index (χ4n) is 0.684. The lowest BCUT2D eigenvalue weighted by Gasteiger charge is -2.17. The summed E-state index contributed by atoms with van der Waals surface area (Å²) in [6, 6.07) is 0. The third kappa shape index (κ3) is 3.24. The fourth-order valence-corrected chi connectivity index (χ4v) is 2.37. The van der Waals surface area contributed by atoms with E-state index in [1.807, 2.05) is 0 Å². The van der Waals surface area contributed by atoms with Crippen LogP contribution < -0.4 is 5.73 Å². The zero-order valence-corrected chi connectivity index (χ0v) is 9.27. The second kappa shape index (κ2) is 4.72.